The first kappa shape index (κ1) is 17.2. The van der Waals surface area contributed by atoms with Crippen molar-refractivity contribution in [1.29, 1.82) is 0 Å². The summed E-state index contributed by atoms with van der Waals surface area (Å²) >= 11 is 0. The fraction of sp³-hybridized carbons (Fsp3) is 0.300. The number of amides is 2. The third-order valence-electron chi connectivity index (χ3n) is 4.74. The zero-order valence-electron chi connectivity index (χ0n) is 15.1. The molecule has 0 bridgehead atoms. The quantitative estimate of drug-likeness (QED) is 0.902. The number of fused-ring (bicyclic) bond motifs is 1. The lowest BCUT2D eigenvalue weighted by Gasteiger charge is -2.36. The summed E-state index contributed by atoms with van der Waals surface area (Å²) in [5.41, 5.74) is 2.48. The largest absolute Gasteiger partial charge is 0.454 e. The summed E-state index contributed by atoms with van der Waals surface area (Å²) in [5.74, 6) is 1.23. The van der Waals surface area contributed by atoms with E-state index in [0.717, 1.165) is 24.5 Å². The van der Waals surface area contributed by atoms with Gasteiger partial charge in [-0.3, -0.25) is 9.59 Å². The first-order valence-electron chi connectivity index (χ1n) is 8.92. The molecule has 7 nitrogen and oxygen atoms in total. The number of rotatable bonds is 3. The number of hydrogen-bond acceptors (Lipinski definition) is 5. The van der Waals surface area contributed by atoms with Crippen molar-refractivity contribution in [2.45, 2.75) is 6.92 Å². The number of nitrogens with one attached hydrogen (secondary N) is 1. The van der Waals surface area contributed by atoms with Crippen LogP contribution in [0.25, 0.3) is 0 Å². The standard InChI is InChI=1S/C20H21N3O4/c1-14(24)21-16-3-5-17(6-4-16)22-8-10-23(11-9-22)20(25)15-2-7-18-19(12-15)27-13-26-18/h2-7,12H,8-11,13H2,1H3,(H,21,24). The molecule has 2 amide bonds. The Hall–Kier alpha value is -3.22. The molecular formula is C20H21N3O4. The van der Waals surface area contributed by atoms with Crippen molar-refractivity contribution in [3.63, 3.8) is 0 Å². The van der Waals surface area contributed by atoms with Crippen LogP contribution in [-0.4, -0.2) is 49.7 Å². The number of piperazine rings is 1. The second-order valence-corrected chi connectivity index (χ2v) is 6.58. The molecule has 140 valence electrons. The van der Waals surface area contributed by atoms with Crippen LogP contribution in [0.5, 0.6) is 11.5 Å². The Kier molecular flexibility index (Phi) is 4.58. The monoisotopic (exact) mass is 367 g/mol. The van der Waals surface area contributed by atoms with Crippen LogP contribution >= 0.6 is 0 Å². The van der Waals surface area contributed by atoms with Gasteiger partial charge in [0.15, 0.2) is 11.5 Å². The molecule has 2 aliphatic rings. The average molecular weight is 367 g/mol. The molecule has 2 aromatic carbocycles. The fourth-order valence-electron chi connectivity index (χ4n) is 3.34. The smallest absolute Gasteiger partial charge is 0.254 e. The molecule has 2 aliphatic heterocycles. The first-order chi connectivity index (χ1) is 13.1. The van der Waals surface area contributed by atoms with Crippen LogP contribution in [0.2, 0.25) is 0 Å². The number of carbonyl (C=O) groups is 2. The van der Waals surface area contributed by atoms with Gasteiger partial charge in [0.05, 0.1) is 0 Å². The van der Waals surface area contributed by atoms with Gasteiger partial charge in [-0.05, 0) is 42.5 Å². The van der Waals surface area contributed by atoms with E-state index in [9.17, 15) is 9.59 Å². The van der Waals surface area contributed by atoms with E-state index in [2.05, 4.69) is 10.2 Å². The fourth-order valence-corrected chi connectivity index (χ4v) is 3.34. The summed E-state index contributed by atoms with van der Waals surface area (Å²) in [6.07, 6.45) is 0. The molecule has 2 aromatic rings. The zero-order valence-corrected chi connectivity index (χ0v) is 15.1. The molecule has 0 radical (unpaired) electrons. The zero-order chi connectivity index (χ0) is 18.8. The molecule has 0 aliphatic carbocycles. The topological polar surface area (TPSA) is 71.1 Å². The summed E-state index contributed by atoms with van der Waals surface area (Å²) in [6.45, 7) is 4.52. The van der Waals surface area contributed by atoms with Crippen LogP contribution in [0.15, 0.2) is 42.5 Å². The Morgan fingerprint density at radius 2 is 1.63 bits per heavy atom. The minimum Gasteiger partial charge on any atom is -0.454 e. The number of carbonyl (C=O) groups excluding carboxylic acids is 2. The van der Waals surface area contributed by atoms with Crippen molar-refractivity contribution in [3.05, 3.63) is 48.0 Å². The van der Waals surface area contributed by atoms with Gasteiger partial charge >= 0.3 is 0 Å². The van der Waals surface area contributed by atoms with Gasteiger partial charge in [0.2, 0.25) is 12.7 Å². The van der Waals surface area contributed by atoms with Crippen LogP contribution < -0.4 is 19.7 Å². The van der Waals surface area contributed by atoms with Crippen molar-refractivity contribution >= 4 is 23.2 Å². The molecule has 1 N–H and O–H groups in total. The van der Waals surface area contributed by atoms with Crippen molar-refractivity contribution in [1.82, 2.24) is 4.90 Å². The maximum Gasteiger partial charge on any atom is 0.254 e. The molecule has 0 unspecified atom stereocenters. The number of anilines is 2. The molecular weight excluding hydrogens is 346 g/mol. The van der Waals surface area contributed by atoms with Gasteiger partial charge in [0.25, 0.3) is 5.91 Å². The number of ether oxygens (including phenoxy) is 2. The molecule has 0 saturated carbocycles. The maximum atomic E-state index is 12.8. The highest BCUT2D eigenvalue weighted by Crippen LogP contribution is 2.33. The SMILES string of the molecule is CC(=O)Nc1ccc(N2CCN(C(=O)c3ccc4c(c3)OCO4)CC2)cc1. The lowest BCUT2D eigenvalue weighted by Crippen LogP contribution is -2.48. The summed E-state index contributed by atoms with van der Waals surface area (Å²) in [4.78, 5) is 28.0. The number of benzene rings is 2. The molecule has 27 heavy (non-hydrogen) atoms. The van der Waals surface area contributed by atoms with E-state index in [1.807, 2.05) is 29.2 Å². The molecule has 0 aromatic heterocycles. The molecule has 1 fully saturated rings. The van der Waals surface area contributed by atoms with E-state index in [1.165, 1.54) is 6.92 Å². The van der Waals surface area contributed by atoms with Crippen LogP contribution in [0.3, 0.4) is 0 Å². The van der Waals surface area contributed by atoms with Gasteiger partial charge in [-0.15, -0.1) is 0 Å². The van der Waals surface area contributed by atoms with Gasteiger partial charge in [0.1, 0.15) is 0 Å². The highest BCUT2D eigenvalue weighted by molar-refractivity contribution is 5.95. The number of nitrogens with zero attached hydrogens (tertiary/aromatic N) is 2. The molecule has 2 heterocycles. The van der Waals surface area contributed by atoms with E-state index >= 15 is 0 Å². The lowest BCUT2D eigenvalue weighted by molar-refractivity contribution is -0.114. The van der Waals surface area contributed by atoms with Crippen LogP contribution in [0.4, 0.5) is 11.4 Å². The second-order valence-electron chi connectivity index (χ2n) is 6.58. The number of hydrogen-bond donors (Lipinski definition) is 1. The highest BCUT2D eigenvalue weighted by atomic mass is 16.7. The van der Waals surface area contributed by atoms with E-state index < -0.39 is 0 Å². The Bertz CT molecular complexity index is 858. The molecule has 0 spiro atoms. The van der Waals surface area contributed by atoms with Gasteiger partial charge in [0, 0.05) is 50.0 Å². The predicted octanol–water partition coefficient (Wildman–Crippen LogP) is 2.34. The van der Waals surface area contributed by atoms with Gasteiger partial charge in [-0.1, -0.05) is 0 Å². The first-order valence-corrected chi connectivity index (χ1v) is 8.92. The molecule has 7 heteroatoms. The van der Waals surface area contributed by atoms with E-state index in [1.54, 1.807) is 18.2 Å². The van der Waals surface area contributed by atoms with Crippen molar-refractivity contribution in [3.8, 4) is 11.5 Å². The Morgan fingerprint density at radius 3 is 2.33 bits per heavy atom. The van der Waals surface area contributed by atoms with Crippen molar-refractivity contribution < 1.29 is 19.1 Å². The van der Waals surface area contributed by atoms with Crippen LogP contribution in [-0.2, 0) is 4.79 Å². The molecule has 0 atom stereocenters. The predicted molar refractivity (Wildman–Crippen MR) is 101 cm³/mol. The summed E-state index contributed by atoms with van der Waals surface area (Å²) in [5, 5.41) is 2.76. The molecule has 1 saturated heterocycles. The molecule has 4 rings (SSSR count). The Labute approximate surface area is 157 Å². The average Bonchev–Trinajstić information content (AvgIpc) is 3.15. The van der Waals surface area contributed by atoms with E-state index in [0.29, 0.717) is 30.2 Å². The lowest BCUT2D eigenvalue weighted by atomic mass is 10.1. The van der Waals surface area contributed by atoms with E-state index in [4.69, 9.17) is 9.47 Å². The Morgan fingerprint density at radius 1 is 0.926 bits per heavy atom. The van der Waals surface area contributed by atoms with Crippen LogP contribution in [0, 0.1) is 0 Å². The minimum absolute atomic E-state index is 0.00829. The third-order valence-corrected chi connectivity index (χ3v) is 4.74. The summed E-state index contributed by atoms with van der Waals surface area (Å²) in [7, 11) is 0. The Balaban J connectivity index is 1.37. The van der Waals surface area contributed by atoms with Gasteiger partial charge < -0.3 is 24.6 Å². The summed E-state index contributed by atoms with van der Waals surface area (Å²) < 4.78 is 10.7. The van der Waals surface area contributed by atoms with Crippen molar-refractivity contribution in [2.24, 2.45) is 0 Å². The van der Waals surface area contributed by atoms with Gasteiger partial charge in [-0.2, -0.15) is 0 Å². The second kappa shape index (κ2) is 7.19. The normalized spacial score (nSPS) is 15.6. The van der Waals surface area contributed by atoms with Crippen LogP contribution in [0.1, 0.15) is 17.3 Å². The van der Waals surface area contributed by atoms with Gasteiger partial charge in [-0.25, -0.2) is 0 Å². The third kappa shape index (κ3) is 3.67. The van der Waals surface area contributed by atoms with Crippen molar-refractivity contribution in [2.75, 3.05) is 43.2 Å². The minimum atomic E-state index is -0.0848. The highest BCUT2D eigenvalue weighted by Gasteiger charge is 2.24. The maximum absolute atomic E-state index is 12.8. The van der Waals surface area contributed by atoms with E-state index in [-0.39, 0.29) is 18.6 Å². The summed E-state index contributed by atoms with van der Waals surface area (Å²) in [6, 6.07) is 13.1.